The van der Waals surface area contributed by atoms with Crippen molar-refractivity contribution in [1.82, 2.24) is 10.3 Å². The Morgan fingerprint density at radius 1 is 1.43 bits per heavy atom. The van der Waals surface area contributed by atoms with Crippen molar-refractivity contribution in [2.24, 2.45) is 0 Å². The predicted octanol–water partition coefficient (Wildman–Crippen LogP) is 3.13. The molecule has 1 saturated carbocycles. The van der Waals surface area contributed by atoms with Crippen LogP contribution in [0.2, 0.25) is 0 Å². The number of nitrogens with zero attached hydrogens (tertiary/aromatic N) is 1. The van der Waals surface area contributed by atoms with Crippen molar-refractivity contribution in [2.45, 2.75) is 51.1 Å². The standard InChI is InChI=1S/C11H18N2S/c1-9(11-12-7-8-14-11)13-10-5-3-2-4-6-10/h7-10,13H,2-6H2,1H3/t9-/m0/s1. The number of rotatable bonds is 3. The van der Waals surface area contributed by atoms with Gasteiger partial charge in [-0.2, -0.15) is 0 Å². The van der Waals surface area contributed by atoms with Crippen molar-refractivity contribution in [3.63, 3.8) is 0 Å². The summed E-state index contributed by atoms with van der Waals surface area (Å²) in [6.45, 7) is 2.22. The van der Waals surface area contributed by atoms with Crippen molar-refractivity contribution in [1.29, 1.82) is 0 Å². The first-order chi connectivity index (χ1) is 6.86. The monoisotopic (exact) mass is 210 g/mol. The Kier molecular flexibility index (Phi) is 3.54. The van der Waals surface area contributed by atoms with Crippen molar-refractivity contribution >= 4 is 11.3 Å². The van der Waals surface area contributed by atoms with E-state index in [9.17, 15) is 0 Å². The van der Waals surface area contributed by atoms with E-state index in [1.807, 2.05) is 11.6 Å². The Bertz CT molecular complexity index is 252. The van der Waals surface area contributed by atoms with Crippen LogP contribution in [0.1, 0.15) is 50.1 Å². The third-order valence-corrected chi connectivity index (χ3v) is 3.87. The molecule has 0 radical (unpaired) electrons. The van der Waals surface area contributed by atoms with E-state index in [2.05, 4.69) is 17.2 Å². The molecule has 1 aromatic rings. The summed E-state index contributed by atoms with van der Waals surface area (Å²) in [5.41, 5.74) is 0. The molecule has 2 nitrogen and oxygen atoms in total. The molecule has 1 heterocycles. The maximum atomic E-state index is 4.34. The van der Waals surface area contributed by atoms with Crippen LogP contribution in [0, 0.1) is 0 Å². The molecule has 0 aromatic carbocycles. The fraction of sp³-hybridized carbons (Fsp3) is 0.727. The molecule has 1 aliphatic rings. The summed E-state index contributed by atoms with van der Waals surface area (Å²) in [7, 11) is 0. The fourth-order valence-electron chi connectivity index (χ4n) is 2.14. The average molecular weight is 210 g/mol. The van der Waals surface area contributed by atoms with Gasteiger partial charge in [0.25, 0.3) is 0 Å². The van der Waals surface area contributed by atoms with Gasteiger partial charge in [-0.25, -0.2) is 4.98 Å². The smallest absolute Gasteiger partial charge is 0.109 e. The van der Waals surface area contributed by atoms with Gasteiger partial charge in [0.2, 0.25) is 0 Å². The number of aromatic nitrogens is 1. The summed E-state index contributed by atoms with van der Waals surface area (Å²) in [5.74, 6) is 0. The molecule has 14 heavy (non-hydrogen) atoms. The van der Waals surface area contributed by atoms with Crippen LogP contribution in [-0.2, 0) is 0 Å². The Balaban J connectivity index is 1.84. The van der Waals surface area contributed by atoms with Crippen molar-refractivity contribution in [3.05, 3.63) is 16.6 Å². The van der Waals surface area contributed by atoms with E-state index in [4.69, 9.17) is 0 Å². The van der Waals surface area contributed by atoms with Gasteiger partial charge in [0.05, 0.1) is 6.04 Å². The van der Waals surface area contributed by atoms with Crippen LogP contribution in [0.15, 0.2) is 11.6 Å². The highest BCUT2D eigenvalue weighted by molar-refractivity contribution is 7.09. The minimum absolute atomic E-state index is 0.429. The highest BCUT2D eigenvalue weighted by Gasteiger charge is 2.17. The Hall–Kier alpha value is -0.410. The molecule has 0 aliphatic heterocycles. The van der Waals surface area contributed by atoms with Gasteiger partial charge in [0.1, 0.15) is 5.01 Å². The lowest BCUT2D eigenvalue weighted by atomic mass is 9.95. The predicted molar refractivity (Wildman–Crippen MR) is 60.5 cm³/mol. The lowest BCUT2D eigenvalue weighted by molar-refractivity contribution is 0.346. The van der Waals surface area contributed by atoms with E-state index in [0.717, 1.165) is 6.04 Å². The molecular weight excluding hydrogens is 192 g/mol. The van der Waals surface area contributed by atoms with E-state index in [1.54, 1.807) is 11.3 Å². The molecule has 78 valence electrons. The Morgan fingerprint density at radius 3 is 2.86 bits per heavy atom. The first kappa shape index (κ1) is 10.1. The summed E-state index contributed by atoms with van der Waals surface area (Å²) in [6.07, 6.45) is 8.78. The van der Waals surface area contributed by atoms with Gasteiger partial charge in [-0.3, -0.25) is 0 Å². The second-order valence-electron chi connectivity index (χ2n) is 4.09. The van der Waals surface area contributed by atoms with E-state index in [-0.39, 0.29) is 0 Å². The summed E-state index contributed by atoms with van der Waals surface area (Å²) >= 11 is 1.75. The van der Waals surface area contributed by atoms with Gasteiger partial charge in [0.15, 0.2) is 0 Å². The molecule has 0 amide bonds. The van der Waals surface area contributed by atoms with E-state index < -0.39 is 0 Å². The highest BCUT2D eigenvalue weighted by atomic mass is 32.1. The zero-order valence-corrected chi connectivity index (χ0v) is 9.52. The van der Waals surface area contributed by atoms with Gasteiger partial charge in [-0.05, 0) is 19.8 Å². The fourth-order valence-corrected chi connectivity index (χ4v) is 2.80. The van der Waals surface area contributed by atoms with Gasteiger partial charge in [-0.1, -0.05) is 19.3 Å². The van der Waals surface area contributed by atoms with Crippen LogP contribution in [0.25, 0.3) is 0 Å². The number of nitrogens with one attached hydrogen (secondary N) is 1. The molecule has 1 aromatic heterocycles. The number of hydrogen-bond donors (Lipinski definition) is 1. The second kappa shape index (κ2) is 4.89. The van der Waals surface area contributed by atoms with Gasteiger partial charge in [0, 0.05) is 17.6 Å². The molecule has 0 bridgehead atoms. The minimum atomic E-state index is 0.429. The lowest BCUT2D eigenvalue weighted by Crippen LogP contribution is -2.33. The zero-order chi connectivity index (χ0) is 9.80. The summed E-state index contributed by atoms with van der Waals surface area (Å²) < 4.78 is 0. The second-order valence-corrected chi connectivity index (χ2v) is 5.02. The molecule has 1 N–H and O–H groups in total. The number of hydrogen-bond acceptors (Lipinski definition) is 3. The quantitative estimate of drug-likeness (QED) is 0.829. The first-order valence-corrected chi connectivity index (χ1v) is 6.39. The Labute approximate surface area is 89.8 Å². The molecule has 3 heteroatoms. The largest absolute Gasteiger partial charge is 0.305 e. The third kappa shape index (κ3) is 2.55. The first-order valence-electron chi connectivity index (χ1n) is 5.51. The van der Waals surface area contributed by atoms with Crippen LogP contribution in [0.4, 0.5) is 0 Å². The van der Waals surface area contributed by atoms with Gasteiger partial charge < -0.3 is 5.32 Å². The maximum absolute atomic E-state index is 4.34. The lowest BCUT2D eigenvalue weighted by Gasteiger charge is -2.25. The maximum Gasteiger partial charge on any atom is 0.109 e. The van der Waals surface area contributed by atoms with E-state index in [1.165, 1.54) is 37.1 Å². The van der Waals surface area contributed by atoms with Crippen LogP contribution in [0.5, 0.6) is 0 Å². The molecule has 1 aliphatic carbocycles. The Morgan fingerprint density at radius 2 is 2.21 bits per heavy atom. The summed E-state index contributed by atoms with van der Waals surface area (Å²) in [5, 5.41) is 6.94. The molecule has 0 spiro atoms. The van der Waals surface area contributed by atoms with Gasteiger partial charge >= 0.3 is 0 Å². The van der Waals surface area contributed by atoms with Crippen LogP contribution < -0.4 is 5.32 Å². The van der Waals surface area contributed by atoms with E-state index >= 15 is 0 Å². The van der Waals surface area contributed by atoms with Crippen LogP contribution >= 0.6 is 11.3 Å². The molecule has 1 atom stereocenters. The molecule has 2 rings (SSSR count). The SMILES string of the molecule is C[C@H](NC1CCCCC1)c1nccs1. The van der Waals surface area contributed by atoms with Crippen LogP contribution in [-0.4, -0.2) is 11.0 Å². The van der Waals surface area contributed by atoms with Crippen molar-refractivity contribution in [3.8, 4) is 0 Å². The van der Waals surface area contributed by atoms with Gasteiger partial charge in [-0.15, -0.1) is 11.3 Å². The van der Waals surface area contributed by atoms with Crippen LogP contribution in [0.3, 0.4) is 0 Å². The number of thiazole rings is 1. The average Bonchev–Trinajstić information content (AvgIpc) is 2.72. The molecular formula is C11H18N2S. The molecule has 0 saturated heterocycles. The minimum Gasteiger partial charge on any atom is -0.305 e. The van der Waals surface area contributed by atoms with Crippen molar-refractivity contribution in [2.75, 3.05) is 0 Å². The molecule has 1 fully saturated rings. The van der Waals surface area contributed by atoms with Crippen molar-refractivity contribution < 1.29 is 0 Å². The summed E-state index contributed by atoms with van der Waals surface area (Å²) in [6, 6.07) is 1.15. The third-order valence-electron chi connectivity index (χ3n) is 2.91. The van der Waals surface area contributed by atoms with E-state index in [0.29, 0.717) is 6.04 Å². The molecule has 0 unspecified atom stereocenters. The topological polar surface area (TPSA) is 24.9 Å². The highest BCUT2D eigenvalue weighted by Crippen LogP contribution is 2.22. The zero-order valence-electron chi connectivity index (χ0n) is 8.70. The summed E-state index contributed by atoms with van der Waals surface area (Å²) in [4.78, 5) is 4.34. The normalized spacial score (nSPS) is 20.9.